The maximum absolute atomic E-state index is 12.0. The molecule has 0 aliphatic carbocycles. The highest BCUT2D eigenvalue weighted by molar-refractivity contribution is 7.22. The van der Waals surface area contributed by atoms with Gasteiger partial charge in [-0.15, -0.1) is 0 Å². The molecular weight excluding hydrogens is 372 g/mol. The van der Waals surface area contributed by atoms with E-state index in [9.17, 15) is 4.79 Å². The number of anilines is 1. The van der Waals surface area contributed by atoms with Crippen LogP contribution in [-0.2, 0) is 16.1 Å². The third-order valence-corrected chi connectivity index (χ3v) is 5.46. The van der Waals surface area contributed by atoms with Crippen LogP contribution in [0.25, 0.3) is 21.1 Å². The van der Waals surface area contributed by atoms with E-state index in [0.717, 1.165) is 37.5 Å². The summed E-state index contributed by atoms with van der Waals surface area (Å²) in [5, 5.41) is 6.17. The molecule has 0 bridgehead atoms. The van der Waals surface area contributed by atoms with Crippen molar-refractivity contribution in [3.63, 3.8) is 0 Å². The highest BCUT2D eigenvalue weighted by atomic mass is 32.1. The summed E-state index contributed by atoms with van der Waals surface area (Å²) < 4.78 is 8.19. The van der Waals surface area contributed by atoms with E-state index in [4.69, 9.17) is 4.74 Å². The first kappa shape index (κ1) is 18.2. The SMILES string of the molecule is CCOC(=O)Cn1c(C)c(/C=N\Nc2nc3ccccc3s2)c2ccccc21. The van der Waals surface area contributed by atoms with Gasteiger partial charge in [0.25, 0.3) is 0 Å². The molecule has 4 aromatic rings. The van der Waals surface area contributed by atoms with Crippen molar-refractivity contribution in [1.29, 1.82) is 0 Å². The van der Waals surface area contributed by atoms with Crippen LogP contribution in [0.4, 0.5) is 5.13 Å². The number of carbonyl (C=O) groups is 1. The molecule has 4 rings (SSSR count). The Balaban J connectivity index is 1.63. The summed E-state index contributed by atoms with van der Waals surface area (Å²) in [5.41, 5.74) is 6.88. The molecule has 2 heterocycles. The number of benzene rings is 2. The van der Waals surface area contributed by atoms with E-state index in [1.54, 1.807) is 17.6 Å². The standard InChI is InChI=1S/C21H20N4O2S/c1-3-27-20(26)13-25-14(2)16(15-8-4-6-10-18(15)25)12-22-24-21-23-17-9-5-7-11-19(17)28-21/h4-12H,3,13H2,1-2H3,(H,23,24)/b22-12-. The molecule has 6 nitrogen and oxygen atoms in total. The second-order valence-electron chi connectivity index (χ2n) is 6.26. The Morgan fingerprint density at radius 1 is 1.25 bits per heavy atom. The topological polar surface area (TPSA) is 68.5 Å². The largest absolute Gasteiger partial charge is 0.465 e. The Labute approximate surface area is 166 Å². The summed E-state index contributed by atoms with van der Waals surface area (Å²) in [4.78, 5) is 16.5. The van der Waals surface area contributed by atoms with Gasteiger partial charge >= 0.3 is 5.97 Å². The van der Waals surface area contributed by atoms with Gasteiger partial charge in [-0.3, -0.25) is 10.2 Å². The zero-order chi connectivity index (χ0) is 19.5. The second-order valence-corrected chi connectivity index (χ2v) is 7.29. The fourth-order valence-corrected chi connectivity index (χ4v) is 4.05. The van der Waals surface area contributed by atoms with Gasteiger partial charge in [-0.05, 0) is 32.0 Å². The summed E-state index contributed by atoms with van der Waals surface area (Å²) in [6, 6.07) is 16.0. The van der Waals surface area contributed by atoms with Crippen molar-refractivity contribution in [3.05, 3.63) is 59.8 Å². The van der Waals surface area contributed by atoms with Crippen molar-refractivity contribution in [2.45, 2.75) is 20.4 Å². The fourth-order valence-electron chi connectivity index (χ4n) is 3.23. The van der Waals surface area contributed by atoms with Gasteiger partial charge in [0.2, 0.25) is 5.13 Å². The number of aromatic nitrogens is 2. The molecule has 0 amide bonds. The summed E-state index contributed by atoms with van der Waals surface area (Å²) in [6.07, 6.45) is 1.78. The molecule has 0 saturated carbocycles. The Morgan fingerprint density at radius 3 is 2.86 bits per heavy atom. The lowest BCUT2D eigenvalue weighted by Crippen LogP contribution is -2.14. The number of nitrogens with one attached hydrogen (secondary N) is 1. The molecule has 2 aromatic carbocycles. The lowest BCUT2D eigenvalue weighted by molar-refractivity contribution is -0.143. The highest BCUT2D eigenvalue weighted by Gasteiger charge is 2.15. The molecule has 28 heavy (non-hydrogen) atoms. The number of esters is 1. The molecule has 0 fully saturated rings. The number of rotatable bonds is 6. The number of thiazole rings is 1. The second kappa shape index (κ2) is 7.82. The van der Waals surface area contributed by atoms with Gasteiger partial charge in [-0.25, -0.2) is 4.98 Å². The smallest absolute Gasteiger partial charge is 0.325 e. The summed E-state index contributed by atoms with van der Waals surface area (Å²) >= 11 is 1.56. The molecule has 0 aliphatic heterocycles. The predicted molar refractivity (Wildman–Crippen MR) is 114 cm³/mol. The Morgan fingerprint density at radius 2 is 2.04 bits per heavy atom. The normalized spacial score (nSPS) is 11.5. The number of hydrogen-bond acceptors (Lipinski definition) is 6. The molecule has 7 heteroatoms. The van der Waals surface area contributed by atoms with E-state index >= 15 is 0 Å². The zero-order valence-electron chi connectivity index (χ0n) is 15.7. The quantitative estimate of drug-likeness (QED) is 0.296. The number of ether oxygens (including phenoxy) is 1. The Kier molecular flexibility index (Phi) is 5.08. The molecule has 0 unspecified atom stereocenters. The van der Waals surface area contributed by atoms with Crippen LogP contribution in [0, 0.1) is 6.92 Å². The van der Waals surface area contributed by atoms with Gasteiger partial charge in [0, 0.05) is 22.2 Å². The van der Waals surface area contributed by atoms with Gasteiger partial charge in [-0.2, -0.15) is 5.10 Å². The minimum absolute atomic E-state index is 0.180. The van der Waals surface area contributed by atoms with Crippen LogP contribution in [-0.4, -0.2) is 28.3 Å². The van der Waals surface area contributed by atoms with Crippen LogP contribution in [0.1, 0.15) is 18.2 Å². The molecular formula is C21H20N4O2S. The average Bonchev–Trinajstić information content (AvgIpc) is 3.22. The van der Waals surface area contributed by atoms with Gasteiger partial charge in [0.1, 0.15) is 6.54 Å². The molecule has 0 saturated heterocycles. The van der Waals surface area contributed by atoms with Crippen molar-refractivity contribution in [3.8, 4) is 0 Å². The van der Waals surface area contributed by atoms with Gasteiger partial charge in [0.15, 0.2) is 0 Å². The first-order chi connectivity index (χ1) is 13.7. The van der Waals surface area contributed by atoms with Gasteiger partial charge < -0.3 is 9.30 Å². The number of carbonyl (C=O) groups excluding carboxylic acids is 1. The third kappa shape index (κ3) is 3.48. The van der Waals surface area contributed by atoms with Gasteiger partial charge in [0.05, 0.1) is 23.0 Å². The van der Waals surface area contributed by atoms with E-state index in [1.165, 1.54) is 0 Å². The lowest BCUT2D eigenvalue weighted by Gasteiger charge is -2.07. The zero-order valence-corrected chi connectivity index (χ0v) is 16.5. The van der Waals surface area contributed by atoms with Gasteiger partial charge in [-0.1, -0.05) is 41.7 Å². The van der Waals surface area contributed by atoms with Crippen LogP contribution in [0.5, 0.6) is 0 Å². The number of nitrogens with zero attached hydrogens (tertiary/aromatic N) is 3. The van der Waals surface area contributed by atoms with Crippen LogP contribution >= 0.6 is 11.3 Å². The van der Waals surface area contributed by atoms with Crippen LogP contribution in [0.15, 0.2) is 53.6 Å². The van der Waals surface area contributed by atoms with Crippen molar-refractivity contribution in [2.24, 2.45) is 5.10 Å². The number of fused-ring (bicyclic) bond motifs is 2. The number of hydrazone groups is 1. The van der Waals surface area contributed by atoms with E-state index < -0.39 is 0 Å². The van der Waals surface area contributed by atoms with E-state index in [-0.39, 0.29) is 12.5 Å². The fraction of sp³-hybridized carbons (Fsp3) is 0.190. The monoisotopic (exact) mass is 392 g/mol. The minimum atomic E-state index is -0.248. The minimum Gasteiger partial charge on any atom is -0.465 e. The van der Waals surface area contributed by atoms with Crippen LogP contribution < -0.4 is 5.43 Å². The molecule has 0 aliphatic rings. The van der Waals surface area contributed by atoms with Crippen molar-refractivity contribution >= 4 is 49.8 Å². The maximum atomic E-state index is 12.0. The number of hydrogen-bond donors (Lipinski definition) is 1. The molecule has 142 valence electrons. The predicted octanol–water partition coefficient (Wildman–Crippen LogP) is 4.57. The molecule has 0 atom stereocenters. The van der Waals surface area contributed by atoms with Crippen molar-refractivity contribution in [1.82, 2.24) is 9.55 Å². The molecule has 2 aromatic heterocycles. The molecule has 0 spiro atoms. The van der Waals surface area contributed by atoms with Crippen molar-refractivity contribution in [2.75, 3.05) is 12.0 Å². The summed E-state index contributed by atoms with van der Waals surface area (Å²) in [6.45, 7) is 4.35. The maximum Gasteiger partial charge on any atom is 0.325 e. The Bertz CT molecular complexity index is 1140. The summed E-state index contributed by atoms with van der Waals surface area (Å²) in [5.74, 6) is -0.248. The molecule has 1 N–H and O–H groups in total. The Hall–Kier alpha value is -3.19. The van der Waals surface area contributed by atoms with E-state index in [2.05, 4.69) is 15.5 Å². The first-order valence-electron chi connectivity index (χ1n) is 9.05. The van der Waals surface area contributed by atoms with Crippen LogP contribution in [0.3, 0.4) is 0 Å². The molecule has 0 radical (unpaired) electrons. The first-order valence-corrected chi connectivity index (χ1v) is 9.87. The summed E-state index contributed by atoms with van der Waals surface area (Å²) in [7, 11) is 0. The average molecular weight is 392 g/mol. The third-order valence-electron chi connectivity index (χ3n) is 4.52. The van der Waals surface area contributed by atoms with Crippen molar-refractivity contribution < 1.29 is 9.53 Å². The van der Waals surface area contributed by atoms with Crippen LogP contribution in [0.2, 0.25) is 0 Å². The highest BCUT2D eigenvalue weighted by Crippen LogP contribution is 2.26. The lowest BCUT2D eigenvalue weighted by atomic mass is 10.1. The number of para-hydroxylation sites is 2. The van der Waals surface area contributed by atoms with E-state index in [1.807, 2.05) is 66.9 Å². The van der Waals surface area contributed by atoms with E-state index in [0.29, 0.717) is 6.61 Å².